The molecule has 0 unspecified atom stereocenters. The third kappa shape index (κ3) is 4.94. The summed E-state index contributed by atoms with van der Waals surface area (Å²) >= 11 is 0. The molecule has 0 atom stereocenters. The first-order valence-electron chi connectivity index (χ1n) is 12.7. The Labute approximate surface area is 208 Å². The number of likely N-dealkylation sites (N-methyl/N-ethyl adjacent to an activating group) is 1. The molecule has 3 aromatic carbocycles. The number of anilines is 2. The first kappa shape index (κ1) is 23.5. The maximum atomic E-state index is 13.2. The molecule has 2 fully saturated rings. The van der Waals surface area contributed by atoms with Crippen molar-refractivity contribution in [3.8, 4) is 5.75 Å². The molecule has 0 aliphatic carbocycles. The Morgan fingerprint density at radius 1 is 0.771 bits per heavy atom. The van der Waals surface area contributed by atoms with Gasteiger partial charge in [0.1, 0.15) is 0 Å². The maximum Gasteiger partial charge on any atom is 0.260 e. The zero-order valence-electron chi connectivity index (χ0n) is 21.2. The molecular formula is C29H36N4O2. The quantitative estimate of drug-likeness (QED) is 0.563. The lowest BCUT2D eigenvalue weighted by molar-refractivity contribution is -0.133. The number of amides is 1. The monoisotopic (exact) mass is 472 g/mol. The molecule has 5 rings (SSSR count). The molecule has 35 heavy (non-hydrogen) atoms. The zero-order chi connectivity index (χ0) is 24.4. The van der Waals surface area contributed by atoms with Gasteiger partial charge in [-0.15, -0.1) is 0 Å². The van der Waals surface area contributed by atoms with E-state index in [1.807, 2.05) is 17.0 Å². The number of rotatable bonds is 5. The van der Waals surface area contributed by atoms with Crippen LogP contribution >= 0.6 is 0 Å². The Balaban J connectivity index is 1.27. The second-order valence-electron chi connectivity index (χ2n) is 9.80. The van der Waals surface area contributed by atoms with Gasteiger partial charge in [-0.2, -0.15) is 0 Å². The predicted octanol–water partition coefficient (Wildman–Crippen LogP) is 3.94. The van der Waals surface area contributed by atoms with Gasteiger partial charge < -0.3 is 24.3 Å². The minimum Gasteiger partial charge on any atom is -0.481 e. The molecule has 2 heterocycles. The number of piperazine rings is 2. The van der Waals surface area contributed by atoms with E-state index in [0.717, 1.165) is 74.6 Å². The molecule has 0 radical (unpaired) electrons. The summed E-state index contributed by atoms with van der Waals surface area (Å²) in [5.74, 6) is 0.887. The van der Waals surface area contributed by atoms with Crippen LogP contribution < -0.4 is 14.5 Å². The number of fused-ring (bicyclic) bond motifs is 1. The van der Waals surface area contributed by atoms with Crippen LogP contribution in [-0.2, 0) is 4.79 Å². The summed E-state index contributed by atoms with van der Waals surface area (Å²) in [7, 11) is 2.16. The standard InChI is InChI=1S/C29H36N4O2/c1-22-7-6-10-26(23(22)2)31-17-19-33(20-18-31)28(34)21-35-29-25-9-5-4-8-24(25)11-12-27(29)32-15-13-30(3)14-16-32/h4-12H,13-21H2,1-3H3. The Kier molecular flexibility index (Phi) is 6.82. The number of carbonyl (C=O) groups is 1. The van der Waals surface area contributed by atoms with Crippen molar-refractivity contribution in [2.75, 3.05) is 75.8 Å². The SMILES string of the molecule is Cc1cccc(N2CCN(C(=O)COc3c(N4CCN(C)CC4)ccc4ccccc34)CC2)c1C. The number of nitrogens with zero attached hydrogens (tertiary/aromatic N) is 4. The van der Waals surface area contributed by atoms with Crippen LogP contribution in [-0.4, -0.2) is 81.7 Å². The van der Waals surface area contributed by atoms with Crippen LogP contribution in [0, 0.1) is 13.8 Å². The number of carbonyl (C=O) groups excluding carboxylic acids is 1. The van der Waals surface area contributed by atoms with Gasteiger partial charge >= 0.3 is 0 Å². The van der Waals surface area contributed by atoms with Crippen LogP contribution in [0.25, 0.3) is 10.8 Å². The predicted molar refractivity (Wildman–Crippen MR) is 144 cm³/mol. The van der Waals surface area contributed by atoms with Crippen LogP contribution in [0.4, 0.5) is 11.4 Å². The van der Waals surface area contributed by atoms with Gasteiger partial charge in [0.15, 0.2) is 12.4 Å². The highest BCUT2D eigenvalue weighted by atomic mass is 16.5. The van der Waals surface area contributed by atoms with Gasteiger partial charge in [0.25, 0.3) is 5.91 Å². The van der Waals surface area contributed by atoms with Crippen molar-refractivity contribution in [3.63, 3.8) is 0 Å². The van der Waals surface area contributed by atoms with E-state index in [-0.39, 0.29) is 12.5 Å². The Bertz CT molecular complexity index is 1190. The van der Waals surface area contributed by atoms with E-state index < -0.39 is 0 Å². The number of hydrogen-bond donors (Lipinski definition) is 0. The smallest absolute Gasteiger partial charge is 0.260 e. The molecule has 3 aromatic rings. The average molecular weight is 473 g/mol. The fourth-order valence-electron chi connectivity index (χ4n) is 5.18. The topological polar surface area (TPSA) is 39.3 Å². The summed E-state index contributed by atoms with van der Waals surface area (Å²) in [5, 5.41) is 2.20. The van der Waals surface area contributed by atoms with Gasteiger partial charge in [-0.1, -0.05) is 42.5 Å². The lowest BCUT2D eigenvalue weighted by Crippen LogP contribution is -2.50. The second kappa shape index (κ2) is 10.2. The lowest BCUT2D eigenvalue weighted by atomic mass is 10.1. The number of aryl methyl sites for hydroxylation is 1. The van der Waals surface area contributed by atoms with E-state index in [9.17, 15) is 4.79 Å². The summed E-state index contributed by atoms with van der Waals surface area (Å²) in [6, 6.07) is 19.0. The lowest BCUT2D eigenvalue weighted by Gasteiger charge is -2.37. The van der Waals surface area contributed by atoms with Crippen molar-refractivity contribution in [3.05, 3.63) is 65.7 Å². The Hall–Kier alpha value is -3.25. The molecule has 0 N–H and O–H groups in total. The molecule has 184 valence electrons. The summed E-state index contributed by atoms with van der Waals surface area (Å²) < 4.78 is 6.33. The first-order chi connectivity index (χ1) is 17.0. The zero-order valence-corrected chi connectivity index (χ0v) is 21.2. The van der Waals surface area contributed by atoms with Crippen molar-refractivity contribution in [2.45, 2.75) is 13.8 Å². The normalized spacial score (nSPS) is 17.2. The Morgan fingerprint density at radius 3 is 2.23 bits per heavy atom. The third-order valence-electron chi connectivity index (χ3n) is 7.59. The van der Waals surface area contributed by atoms with E-state index in [1.54, 1.807) is 0 Å². The minimum atomic E-state index is 0.0582. The van der Waals surface area contributed by atoms with Crippen LogP contribution in [0.15, 0.2) is 54.6 Å². The highest BCUT2D eigenvalue weighted by Crippen LogP contribution is 2.37. The molecule has 6 heteroatoms. The largest absolute Gasteiger partial charge is 0.481 e. The summed E-state index contributed by atoms with van der Waals surface area (Å²) in [5.41, 5.74) is 4.99. The van der Waals surface area contributed by atoms with Crippen molar-refractivity contribution < 1.29 is 9.53 Å². The number of hydrogen-bond acceptors (Lipinski definition) is 5. The first-order valence-corrected chi connectivity index (χ1v) is 12.7. The summed E-state index contributed by atoms with van der Waals surface area (Å²) in [4.78, 5) is 22.2. The van der Waals surface area contributed by atoms with E-state index in [1.165, 1.54) is 16.8 Å². The van der Waals surface area contributed by atoms with Crippen LogP contribution in [0.2, 0.25) is 0 Å². The molecule has 2 saturated heterocycles. The number of ether oxygens (including phenoxy) is 1. The highest BCUT2D eigenvalue weighted by Gasteiger charge is 2.24. The van der Waals surface area contributed by atoms with Crippen LogP contribution in [0.1, 0.15) is 11.1 Å². The fourth-order valence-corrected chi connectivity index (χ4v) is 5.18. The van der Waals surface area contributed by atoms with Gasteiger partial charge in [-0.05, 0) is 49.5 Å². The third-order valence-corrected chi connectivity index (χ3v) is 7.59. The maximum absolute atomic E-state index is 13.2. The van der Waals surface area contributed by atoms with Gasteiger partial charge in [-0.3, -0.25) is 4.79 Å². The molecule has 2 aliphatic heterocycles. The van der Waals surface area contributed by atoms with E-state index in [4.69, 9.17) is 4.74 Å². The molecule has 2 aliphatic rings. The number of benzene rings is 3. The van der Waals surface area contributed by atoms with Gasteiger partial charge in [-0.25, -0.2) is 0 Å². The van der Waals surface area contributed by atoms with Crippen molar-refractivity contribution in [1.29, 1.82) is 0 Å². The van der Waals surface area contributed by atoms with E-state index >= 15 is 0 Å². The van der Waals surface area contributed by atoms with Gasteiger partial charge in [0, 0.05) is 63.4 Å². The summed E-state index contributed by atoms with van der Waals surface area (Å²) in [6.07, 6.45) is 0. The fraction of sp³-hybridized carbons (Fsp3) is 0.414. The van der Waals surface area contributed by atoms with E-state index in [0.29, 0.717) is 0 Å². The molecule has 0 saturated carbocycles. The molecule has 0 spiro atoms. The van der Waals surface area contributed by atoms with Crippen molar-refractivity contribution in [1.82, 2.24) is 9.80 Å². The van der Waals surface area contributed by atoms with Crippen LogP contribution in [0.3, 0.4) is 0 Å². The highest BCUT2D eigenvalue weighted by molar-refractivity contribution is 5.94. The second-order valence-corrected chi connectivity index (χ2v) is 9.80. The molecule has 6 nitrogen and oxygen atoms in total. The van der Waals surface area contributed by atoms with Crippen LogP contribution in [0.5, 0.6) is 5.75 Å². The summed E-state index contributed by atoms with van der Waals surface area (Å²) in [6.45, 7) is 11.5. The minimum absolute atomic E-state index is 0.0582. The van der Waals surface area contributed by atoms with Crippen molar-refractivity contribution in [2.24, 2.45) is 0 Å². The molecular weight excluding hydrogens is 436 g/mol. The van der Waals surface area contributed by atoms with Crippen molar-refractivity contribution >= 4 is 28.1 Å². The van der Waals surface area contributed by atoms with Gasteiger partial charge in [0.05, 0.1) is 5.69 Å². The Morgan fingerprint density at radius 2 is 1.46 bits per heavy atom. The van der Waals surface area contributed by atoms with E-state index in [2.05, 4.69) is 78.1 Å². The molecule has 0 aromatic heterocycles. The molecule has 1 amide bonds. The van der Waals surface area contributed by atoms with Gasteiger partial charge in [0.2, 0.25) is 0 Å². The molecule has 0 bridgehead atoms. The average Bonchev–Trinajstić information content (AvgIpc) is 2.89.